The molecule has 1 fully saturated rings. The van der Waals surface area contributed by atoms with Crippen LogP contribution in [0.3, 0.4) is 0 Å². The van der Waals surface area contributed by atoms with Crippen molar-refractivity contribution >= 4 is 10.8 Å². The van der Waals surface area contributed by atoms with E-state index in [-0.39, 0.29) is 6.04 Å². The molecule has 0 radical (unpaired) electrons. The summed E-state index contributed by atoms with van der Waals surface area (Å²) in [6.07, 6.45) is 2.72. The van der Waals surface area contributed by atoms with Crippen LogP contribution in [-0.2, 0) is 0 Å². The Bertz CT molecular complexity index is 569. The average molecular weight is 239 g/mol. The molecule has 1 saturated carbocycles. The van der Waals surface area contributed by atoms with Crippen molar-refractivity contribution in [1.82, 2.24) is 0 Å². The fourth-order valence-corrected chi connectivity index (χ4v) is 3.03. The van der Waals surface area contributed by atoms with Crippen LogP contribution < -0.4 is 5.73 Å². The molecule has 0 aromatic heterocycles. The Morgan fingerprint density at radius 3 is 2.56 bits per heavy atom. The summed E-state index contributed by atoms with van der Waals surface area (Å²) in [5.41, 5.74) is 9.23. The standard InChI is InChI=1S/C17H21N/c1-11-7-8-14-5-3-4-6-15(14)16(11)17(18)12(2)13-9-10-13/h3-8,12-13,17H,9-10,18H2,1-2H3. The molecule has 2 atom stereocenters. The van der Waals surface area contributed by atoms with E-state index in [4.69, 9.17) is 5.73 Å². The number of benzene rings is 2. The van der Waals surface area contributed by atoms with Crippen molar-refractivity contribution in [3.63, 3.8) is 0 Å². The maximum atomic E-state index is 6.55. The first-order chi connectivity index (χ1) is 8.68. The molecular weight excluding hydrogens is 218 g/mol. The summed E-state index contributed by atoms with van der Waals surface area (Å²) in [6.45, 7) is 4.49. The molecule has 2 aromatic carbocycles. The van der Waals surface area contributed by atoms with Crippen LogP contribution in [0.5, 0.6) is 0 Å². The third-order valence-corrected chi connectivity index (χ3v) is 4.45. The second-order valence-electron chi connectivity index (χ2n) is 5.74. The molecule has 1 aliphatic rings. The van der Waals surface area contributed by atoms with Crippen molar-refractivity contribution in [1.29, 1.82) is 0 Å². The lowest BCUT2D eigenvalue weighted by molar-refractivity contribution is 0.418. The van der Waals surface area contributed by atoms with Crippen LogP contribution in [0.4, 0.5) is 0 Å². The van der Waals surface area contributed by atoms with Crippen LogP contribution in [0.2, 0.25) is 0 Å². The maximum Gasteiger partial charge on any atom is 0.0332 e. The quantitative estimate of drug-likeness (QED) is 0.853. The molecule has 0 saturated heterocycles. The average Bonchev–Trinajstić information content (AvgIpc) is 3.21. The van der Waals surface area contributed by atoms with Crippen LogP contribution in [0, 0.1) is 18.8 Å². The molecule has 18 heavy (non-hydrogen) atoms. The smallest absolute Gasteiger partial charge is 0.0332 e. The number of hydrogen-bond donors (Lipinski definition) is 1. The van der Waals surface area contributed by atoms with Gasteiger partial charge in [0.2, 0.25) is 0 Å². The molecular formula is C17H21N. The zero-order valence-electron chi connectivity index (χ0n) is 11.2. The van der Waals surface area contributed by atoms with Crippen molar-refractivity contribution in [2.75, 3.05) is 0 Å². The molecule has 2 unspecified atom stereocenters. The zero-order valence-corrected chi connectivity index (χ0v) is 11.2. The summed E-state index contributed by atoms with van der Waals surface area (Å²) >= 11 is 0. The van der Waals surface area contributed by atoms with Gasteiger partial charge in [0.25, 0.3) is 0 Å². The van der Waals surface area contributed by atoms with Gasteiger partial charge in [-0.1, -0.05) is 43.3 Å². The van der Waals surface area contributed by atoms with Gasteiger partial charge in [0, 0.05) is 6.04 Å². The molecule has 2 aromatic rings. The topological polar surface area (TPSA) is 26.0 Å². The van der Waals surface area contributed by atoms with Gasteiger partial charge in [0.1, 0.15) is 0 Å². The van der Waals surface area contributed by atoms with Crippen LogP contribution in [0.25, 0.3) is 10.8 Å². The fourth-order valence-electron chi connectivity index (χ4n) is 3.03. The van der Waals surface area contributed by atoms with Gasteiger partial charge in [-0.3, -0.25) is 0 Å². The number of nitrogens with two attached hydrogens (primary N) is 1. The summed E-state index contributed by atoms with van der Waals surface area (Å²) in [4.78, 5) is 0. The highest BCUT2D eigenvalue weighted by atomic mass is 14.7. The van der Waals surface area contributed by atoms with E-state index >= 15 is 0 Å². The first-order valence-electron chi connectivity index (χ1n) is 6.92. The van der Waals surface area contributed by atoms with Crippen molar-refractivity contribution in [3.05, 3.63) is 47.5 Å². The second-order valence-corrected chi connectivity index (χ2v) is 5.74. The monoisotopic (exact) mass is 239 g/mol. The summed E-state index contributed by atoms with van der Waals surface area (Å²) < 4.78 is 0. The molecule has 0 aliphatic heterocycles. The van der Waals surface area contributed by atoms with Crippen molar-refractivity contribution in [3.8, 4) is 0 Å². The molecule has 0 amide bonds. The number of aryl methyl sites for hydroxylation is 1. The molecule has 2 N–H and O–H groups in total. The van der Waals surface area contributed by atoms with Gasteiger partial charge in [-0.25, -0.2) is 0 Å². The van der Waals surface area contributed by atoms with Crippen molar-refractivity contribution < 1.29 is 0 Å². The van der Waals surface area contributed by atoms with E-state index in [1.807, 2.05) is 0 Å². The molecule has 1 heteroatoms. The Morgan fingerprint density at radius 2 is 1.83 bits per heavy atom. The summed E-state index contributed by atoms with van der Waals surface area (Å²) in [5.74, 6) is 1.44. The maximum absolute atomic E-state index is 6.55. The van der Waals surface area contributed by atoms with E-state index in [1.54, 1.807) is 0 Å². The van der Waals surface area contributed by atoms with Crippen LogP contribution in [0.15, 0.2) is 36.4 Å². The Hall–Kier alpha value is -1.34. The minimum absolute atomic E-state index is 0.170. The Morgan fingerprint density at radius 1 is 1.11 bits per heavy atom. The predicted octanol–water partition coefficient (Wildman–Crippen LogP) is 4.19. The van der Waals surface area contributed by atoms with E-state index in [0.717, 1.165) is 5.92 Å². The molecule has 94 valence electrons. The van der Waals surface area contributed by atoms with Gasteiger partial charge in [0.05, 0.1) is 0 Å². The minimum atomic E-state index is 0.170. The van der Waals surface area contributed by atoms with Gasteiger partial charge in [-0.15, -0.1) is 0 Å². The van der Waals surface area contributed by atoms with Crippen molar-refractivity contribution in [2.24, 2.45) is 17.6 Å². The molecule has 0 spiro atoms. The van der Waals surface area contributed by atoms with E-state index in [9.17, 15) is 0 Å². The van der Waals surface area contributed by atoms with Gasteiger partial charge in [-0.2, -0.15) is 0 Å². The lowest BCUT2D eigenvalue weighted by Gasteiger charge is -2.23. The molecule has 3 rings (SSSR count). The third-order valence-electron chi connectivity index (χ3n) is 4.45. The number of rotatable bonds is 3. The second kappa shape index (κ2) is 4.40. The highest BCUT2D eigenvalue weighted by Crippen LogP contribution is 2.43. The number of fused-ring (bicyclic) bond motifs is 1. The largest absolute Gasteiger partial charge is 0.324 e. The van der Waals surface area contributed by atoms with Gasteiger partial charge in [-0.05, 0) is 53.5 Å². The number of hydrogen-bond acceptors (Lipinski definition) is 1. The third kappa shape index (κ3) is 1.93. The Balaban J connectivity index is 2.11. The summed E-state index contributed by atoms with van der Waals surface area (Å²) in [6, 6.07) is 13.2. The van der Waals surface area contributed by atoms with E-state index in [1.165, 1.54) is 34.7 Å². The summed E-state index contributed by atoms with van der Waals surface area (Å²) in [5, 5.41) is 2.63. The lowest BCUT2D eigenvalue weighted by atomic mass is 9.86. The van der Waals surface area contributed by atoms with E-state index < -0.39 is 0 Å². The first kappa shape index (κ1) is 11.7. The summed E-state index contributed by atoms with van der Waals surface area (Å²) in [7, 11) is 0. The minimum Gasteiger partial charge on any atom is -0.324 e. The Kier molecular flexibility index (Phi) is 2.87. The zero-order chi connectivity index (χ0) is 12.7. The SMILES string of the molecule is Cc1ccc2ccccc2c1C(N)C(C)C1CC1. The molecule has 1 aliphatic carbocycles. The normalized spacial score (nSPS) is 18.8. The van der Waals surface area contributed by atoms with E-state index in [0.29, 0.717) is 5.92 Å². The van der Waals surface area contributed by atoms with Gasteiger partial charge < -0.3 is 5.73 Å². The lowest BCUT2D eigenvalue weighted by Crippen LogP contribution is -2.21. The van der Waals surface area contributed by atoms with Gasteiger partial charge in [0.15, 0.2) is 0 Å². The van der Waals surface area contributed by atoms with Crippen LogP contribution in [0.1, 0.15) is 36.9 Å². The fraction of sp³-hybridized carbons (Fsp3) is 0.412. The van der Waals surface area contributed by atoms with Gasteiger partial charge >= 0.3 is 0 Å². The highest BCUT2D eigenvalue weighted by molar-refractivity contribution is 5.87. The Labute approximate surface area is 109 Å². The van der Waals surface area contributed by atoms with Crippen molar-refractivity contribution in [2.45, 2.75) is 32.7 Å². The molecule has 0 bridgehead atoms. The van der Waals surface area contributed by atoms with E-state index in [2.05, 4.69) is 50.2 Å². The first-order valence-corrected chi connectivity index (χ1v) is 6.92. The highest BCUT2D eigenvalue weighted by Gasteiger charge is 2.33. The van der Waals surface area contributed by atoms with Crippen LogP contribution in [-0.4, -0.2) is 0 Å². The predicted molar refractivity (Wildman–Crippen MR) is 77.5 cm³/mol. The molecule has 0 heterocycles. The molecule has 1 nitrogen and oxygen atoms in total. The van der Waals surface area contributed by atoms with Crippen LogP contribution >= 0.6 is 0 Å².